The first kappa shape index (κ1) is 16.0. The van der Waals surface area contributed by atoms with Crippen LogP contribution in [-0.4, -0.2) is 30.7 Å². The Morgan fingerprint density at radius 1 is 1.12 bits per heavy atom. The Balaban J connectivity index is 1.43. The van der Waals surface area contributed by atoms with Crippen LogP contribution in [0.3, 0.4) is 0 Å². The number of hydrogen-bond donors (Lipinski definition) is 0. The highest BCUT2D eigenvalue weighted by Gasteiger charge is 2.26. The summed E-state index contributed by atoms with van der Waals surface area (Å²) in [5.41, 5.74) is 3.32. The van der Waals surface area contributed by atoms with Crippen LogP contribution < -0.4 is 9.47 Å². The maximum Gasteiger partial charge on any atom is 0.254 e. The Hall–Kier alpha value is -2.49. The molecule has 2 heterocycles. The fourth-order valence-corrected chi connectivity index (χ4v) is 3.69. The van der Waals surface area contributed by atoms with Crippen molar-refractivity contribution in [2.75, 3.05) is 19.9 Å². The molecule has 25 heavy (non-hydrogen) atoms. The van der Waals surface area contributed by atoms with Gasteiger partial charge in [-0.05, 0) is 55.9 Å². The van der Waals surface area contributed by atoms with Crippen molar-refractivity contribution in [2.24, 2.45) is 5.92 Å². The molecule has 4 nitrogen and oxygen atoms in total. The van der Waals surface area contributed by atoms with Crippen LogP contribution in [0, 0.1) is 12.8 Å². The second-order valence-corrected chi connectivity index (χ2v) is 7.02. The number of likely N-dealkylation sites (tertiary alicyclic amines) is 1. The van der Waals surface area contributed by atoms with Crippen molar-refractivity contribution >= 4 is 5.91 Å². The van der Waals surface area contributed by atoms with Gasteiger partial charge in [0, 0.05) is 18.7 Å². The van der Waals surface area contributed by atoms with E-state index in [0.717, 1.165) is 25.9 Å². The second kappa shape index (κ2) is 6.79. The molecule has 1 saturated heterocycles. The summed E-state index contributed by atoms with van der Waals surface area (Å²) in [5, 5.41) is 0. The van der Waals surface area contributed by atoms with E-state index in [-0.39, 0.29) is 12.7 Å². The van der Waals surface area contributed by atoms with Crippen LogP contribution in [0.5, 0.6) is 11.5 Å². The molecule has 1 atom stereocenters. The summed E-state index contributed by atoms with van der Waals surface area (Å²) in [5.74, 6) is 1.99. The number of carbonyl (C=O) groups is 1. The fraction of sp³-hybridized carbons (Fsp3) is 0.381. The maximum absolute atomic E-state index is 12.9. The molecule has 0 aliphatic carbocycles. The van der Waals surface area contributed by atoms with Gasteiger partial charge in [0.05, 0.1) is 0 Å². The Morgan fingerprint density at radius 2 is 1.92 bits per heavy atom. The van der Waals surface area contributed by atoms with Crippen LogP contribution in [0.15, 0.2) is 42.5 Å². The number of ether oxygens (including phenoxy) is 2. The van der Waals surface area contributed by atoms with Gasteiger partial charge in [0.25, 0.3) is 5.91 Å². The minimum atomic E-state index is 0.0897. The Kier molecular flexibility index (Phi) is 4.35. The SMILES string of the molecule is Cc1ccc(C[C@H]2CCCN(C(=O)c3ccc4c(c3)OCO4)C2)cc1. The van der Waals surface area contributed by atoms with Crippen LogP contribution in [0.4, 0.5) is 0 Å². The summed E-state index contributed by atoms with van der Waals surface area (Å²) in [6.45, 7) is 3.99. The first-order chi connectivity index (χ1) is 12.2. The van der Waals surface area contributed by atoms with E-state index in [1.54, 1.807) is 6.07 Å². The molecule has 4 rings (SSSR count). The Labute approximate surface area is 148 Å². The zero-order valence-corrected chi connectivity index (χ0v) is 14.5. The molecule has 0 spiro atoms. The van der Waals surface area contributed by atoms with Gasteiger partial charge in [-0.25, -0.2) is 0 Å². The van der Waals surface area contributed by atoms with Crippen LogP contribution >= 0.6 is 0 Å². The molecule has 0 unspecified atom stereocenters. The molecule has 130 valence electrons. The molecule has 2 aliphatic heterocycles. The summed E-state index contributed by atoms with van der Waals surface area (Å²) >= 11 is 0. The molecular formula is C21H23NO3. The molecule has 2 aromatic carbocycles. The van der Waals surface area contributed by atoms with Crippen molar-refractivity contribution in [3.63, 3.8) is 0 Å². The van der Waals surface area contributed by atoms with E-state index in [1.165, 1.54) is 17.5 Å². The van der Waals surface area contributed by atoms with E-state index in [1.807, 2.05) is 17.0 Å². The minimum absolute atomic E-state index is 0.0897. The molecule has 0 N–H and O–H groups in total. The van der Waals surface area contributed by atoms with Gasteiger partial charge in [-0.1, -0.05) is 29.8 Å². The lowest BCUT2D eigenvalue weighted by molar-refractivity contribution is 0.0673. The van der Waals surface area contributed by atoms with Crippen molar-refractivity contribution in [1.82, 2.24) is 4.90 Å². The zero-order valence-electron chi connectivity index (χ0n) is 14.5. The average molecular weight is 337 g/mol. The monoisotopic (exact) mass is 337 g/mol. The van der Waals surface area contributed by atoms with Crippen molar-refractivity contribution in [3.05, 3.63) is 59.2 Å². The smallest absolute Gasteiger partial charge is 0.254 e. The predicted octanol–water partition coefficient (Wildman–Crippen LogP) is 3.82. The molecule has 1 amide bonds. The topological polar surface area (TPSA) is 38.8 Å². The van der Waals surface area contributed by atoms with E-state index < -0.39 is 0 Å². The molecule has 0 aromatic heterocycles. The van der Waals surface area contributed by atoms with Crippen molar-refractivity contribution in [2.45, 2.75) is 26.2 Å². The number of aryl methyl sites for hydroxylation is 1. The van der Waals surface area contributed by atoms with E-state index in [9.17, 15) is 4.79 Å². The van der Waals surface area contributed by atoms with E-state index in [0.29, 0.717) is 23.0 Å². The molecule has 2 aromatic rings. The van der Waals surface area contributed by atoms with Gasteiger partial charge in [0.2, 0.25) is 6.79 Å². The number of nitrogens with zero attached hydrogens (tertiary/aromatic N) is 1. The van der Waals surface area contributed by atoms with Gasteiger partial charge in [-0.15, -0.1) is 0 Å². The summed E-state index contributed by atoms with van der Waals surface area (Å²) < 4.78 is 10.7. The average Bonchev–Trinajstić information content (AvgIpc) is 3.11. The third-order valence-electron chi connectivity index (χ3n) is 5.07. The van der Waals surface area contributed by atoms with Crippen LogP contribution in [0.2, 0.25) is 0 Å². The third-order valence-corrected chi connectivity index (χ3v) is 5.07. The zero-order chi connectivity index (χ0) is 17.2. The van der Waals surface area contributed by atoms with Gasteiger partial charge in [-0.3, -0.25) is 4.79 Å². The third kappa shape index (κ3) is 3.48. The quantitative estimate of drug-likeness (QED) is 0.855. The standard InChI is InChI=1S/C21H23NO3/c1-15-4-6-16(7-5-15)11-17-3-2-10-22(13-17)21(23)18-8-9-19-20(12-18)25-14-24-19/h4-9,12,17H,2-3,10-11,13-14H2,1H3/t17-/m1/s1. The van der Waals surface area contributed by atoms with Gasteiger partial charge in [0.15, 0.2) is 11.5 Å². The van der Waals surface area contributed by atoms with E-state index >= 15 is 0 Å². The summed E-state index contributed by atoms with van der Waals surface area (Å²) in [7, 11) is 0. The predicted molar refractivity (Wildman–Crippen MR) is 96.1 cm³/mol. The van der Waals surface area contributed by atoms with Crippen LogP contribution in [0.25, 0.3) is 0 Å². The number of hydrogen-bond acceptors (Lipinski definition) is 3. The molecule has 4 heteroatoms. The number of fused-ring (bicyclic) bond motifs is 1. The second-order valence-electron chi connectivity index (χ2n) is 7.02. The molecule has 0 bridgehead atoms. The Morgan fingerprint density at radius 3 is 2.76 bits per heavy atom. The number of benzene rings is 2. The molecule has 2 aliphatic rings. The lowest BCUT2D eigenvalue weighted by atomic mass is 9.90. The number of rotatable bonds is 3. The fourth-order valence-electron chi connectivity index (χ4n) is 3.69. The van der Waals surface area contributed by atoms with Gasteiger partial charge >= 0.3 is 0 Å². The summed E-state index contributed by atoms with van der Waals surface area (Å²) in [6.07, 6.45) is 3.27. The highest BCUT2D eigenvalue weighted by Crippen LogP contribution is 2.33. The number of piperidine rings is 1. The van der Waals surface area contributed by atoms with Crippen LogP contribution in [0.1, 0.15) is 34.3 Å². The van der Waals surface area contributed by atoms with Gasteiger partial charge in [0.1, 0.15) is 0 Å². The minimum Gasteiger partial charge on any atom is -0.454 e. The van der Waals surface area contributed by atoms with Crippen LogP contribution in [-0.2, 0) is 6.42 Å². The normalized spacial score (nSPS) is 19.1. The van der Waals surface area contributed by atoms with Crippen molar-refractivity contribution in [3.8, 4) is 11.5 Å². The summed E-state index contributed by atoms with van der Waals surface area (Å²) in [6, 6.07) is 14.2. The lowest BCUT2D eigenvalue weighted by Crippen LogP contribution is -2.40. The number of carbonyl (C=O) groups excluding carboxylic acids is 1. The first-order valence-electron chi connectivity index (χ1n) is 8.93. The van der Waals surface area contributed by atoms with Gasteiger partial charge in [-0.2, -0.15) is 0 Å². The number of amides is 1. The van der Waals surface area contributed by atoms with E-state index in [2.05, 4.69) is 31.2 Å². The highest BCUT2D eigenvalue weighted by atomic mass is 16.7. The highest BCUT2D eigenvalue weighted by molar-refractivity contribution is 5.95. The van der Waals surface area contributed by atoms with Crippen molar-refractivity contribution in [1.29, 1.82) is 0 Å². The molecular weight excluding hydrogens is 314 g/mol. The molecule has 0 radical (unpaired) electrons. The largest absolute Gasteiger partial charge is 0.454 e. The Bertz CT molecular complexity index is 769. The van der Waals surface area contributed by atoms with E-state index in [4.69, 9.17) is 9.47 Å². The first-order valence-corrected chi connectivity index (χ1v) is 8.93. The molecule has 1 fully saturated rings. The molecule has 0 saturated carbocycles. The lowest BCUT2D eigenvalue weighted by Gasteiger charge is -2.33. The summed E-state index contributed by atoms with van der Waals surface area (Å²) in [4.78, 5) is 14.9. The van der Waals surface area contributed by atoms with Crippen molar-refractivity contribution < 1.29 is 14.3 Å². The van der Waals surface area contributed by atoms with Gasteiger partial charge < -0.3 is 14.4 Å². The maximum atomic E-state index is 12.9.